The van der Waals surface area contributed by atoms with Crippen LogP contribution in [-0.2, 0) is 0 Å². The number of rotatable bonds is 5. The van der Waals surface area contributed by atoms with Crippen LogP contribution in [0.25, 0.3) is 22.2 Å². The van der Waals surface area contributed by atoms with Crippen LogP contribution in [0.3, 0.4) is 0 Å². The predicted octanol–water partition coefficient (Wildman–Crippen LogP) is 5.11. The van der Waals surface area contributed by atoms with Gasteiger partial charge in [-0.05, 0) is 55.7 Å². The molecule has 0 radical (unpaired) electrons. The number of carbonyl (C=O) groups is 1. The molecule has 4 heterocycles. The summed E-state index contributed by atoms with van der Waals surface area (Å²) in [4.78, 5) is 25.3. The van der Waals surface area contributed by atoms with Gasteiger partial charge in [-0.3, -0.25) is 9.78 Å². The molecule has 0 spiro atoms. The smallest absolute Gasteiger partial charge is 0.272 e. The van der Waals surface area contributed by atoms with E-state index in [9.17, 15) is 4.79 Å². The fourth-order valence-corrected chi connectivity index (χ4v) is 4.87. The summed E-state index contributed by atoms with van der Waals surface area (Å²) in [6.07, 6.45) is 8.98. The third-order valence-electron chi connectivity index (χ3n) is 5.56. The van der Waals surface area contributed by atoms with Crippen molar-refractivity contribution in [3.8, 4) is 11.3 Å². The lowest BCUT2D eigenvalue weighted by atomic mass is 10.0. The molecular formula is C25H23N5OS. The van der Waals surface area contributed by atoms with E-state index in [1.54, 1.807) is 36.0 Å². The summed E-state index contributed by atoms with van der Waals surface area (Å²) in [6, 6.07) is 17.4. The minimum Gasteiger partial charge on any atom is -0.363 e. The monoisotopic (exact) mass is 441 g/mol. The molecule has 1 N–H and O–H groups in total. The van der Waals surface area contributed by atoms with E-state index in [4.69, 9.17) is 4.98 Å². The maximum absolute atomic E-state index is 13.0. The molecule has 3 aromatic heterocycles. The van der Waals surface area contributed by atoms with Crippen molar-refractivity contribution in [2.45, 2.75) is 19.3 Å². The van der Waals surface area contributed by atoms with Gasteiger partial charge in [0.1, 0.15) is 0 Å². The van der Waals surface area contributed by atoms with E-state index in [1.807, 2.05) is 42.5 Å². The van der Waals surface area contributed by atoms with E-state index < -0.39 is 0 Å². The standard InChI is InChI=1S/C25H23N5OS/c31-25(29-27-17-19-10-11-24(32-19)30-13-4-1-5-14-30)21-15-23(18-7-6-12-26-16-18)28-22-9-3-2-8-20(21)22/h2-3,6-12,15-17H,1,4-5,13-14H2,(H,29,31)/b27-17+. The second kappa shape index (κ2) is 9.28. The van der Waals surface area contributed by atoms with Crippen molar-refractivity contribution in [1.82, 2.24) is 15.4 Å². The summed E-state index contributed by atoms with van der Waals surface area (Å²) in [5.74, 6) is -0.266. The highest BCUT2D eigenvalue weighted by molar-refractivity contribution is 7.17. The Morgan fingerprint density at radius 1 is 1.06 bits per heavy atom. The van der Waals surface area contributed by atoms with Gasteiger partial charge in [-0.15, -0.1) is 11.3 Å². The second-order valence-corrected chi connectivity index (χ2v) is 8.83. The number of piperidine rings is 1. The highest BCUT2D eigenvalue weighted by Gasteiger charge is 2.14. The van der Waals surface area contributed by atoms with Crippen molar-refractivity contribution in [3.05, 3.63) is 77.4 Å². The summed E-state index contributed by atoms with van der Waals surface area (Å²) in [5, 5.41) is 6.27. The normalized spacial score (nSPS) is 14.2. The fourth-order valence-electron chi connectivity index (χ4n) is 3.94. The number of hydrazone groups is 1. The zero-order chi connectivity index (χ0) is 21.8. The predicted molar refractivity (Wildman–Crippen MR) is 130 cm³/mol. The van der Waals surface area contributed by atoms with Crippen molar-refractivity contribution in [1.29, 1.82) is 0 Å². The van der Waals surface area contributed by atoms with Gasteiger partial charge in [0.15, 0.2) is 0 Å². The lowest BCUT2D eigenvalue weighted by Gasteiger charge is -2.27. The summed E-state index contributed by atoms with van der Waals surface area (Å²) >= 11 is 1.70. The van der Waals surface area contributed by atoms with Crippen LogP contribution in [0.5, 0.6) is 0 Å². The molecule has 1 fully saturated rings. The minimum atomic E-state index is -0.266. The van der Waals surface area contributed by atoms with Crippen molar-refractivity contribution in [3.63, 3.8) is 0 Å². The number of thiophene rings is 1. The number of para-hydroxylation sites is 1. The van der Waals surface area contributed by atoms with Crippen molar-refractivity contribution in [2.75, 3.05) is 18.0 Å². The number of fused-ring (bicyclic) bond motifs is 1. The Labute approximate surface area is 190 Å². The Bertz CT molecular complexity index is 1260. The van der Waals surface area contributed by atoms with E-state index in [0.717, 1.165) is 34.4 Å². The Balaban J connectivity index is 1.36. The third kappa shape index (κ3) is 4.38. The largest absolute Gasteiger partial charge is 0.363 e. The number of carbonyl (C=O) groups excluding carboxylic acids is 1. The van der Waals surface area contributed by atoms with E-state index in [2.05, 4.69) is 26.5 Å². The maximum atomic E-state index is 13.0. The van der Waals surface area contributed by atoms with Gasteiger partial charge in [0, 0.05) is 41.3 Å². The van der Waals surface area contributed by atoms with Crippen LogP contribution in [0, 0.1) is 0 Å². The van der Waals surface area contributed by atoms with Gasteiger partial charge in [-0.25, -0.2) is 10.4 Å². The number of aromatic nitrogens is 2. The topological polar surface area (TPSA) is 70.5 Å². The van der Waals surface area contributed by atoms with Crippen LogP contribution in [0.4, 0.5) is 5.00 Å². The molecule has 0 unspecified atom stereocenters. The molecule has 5 rings (SSSR count). The molecule has 4 aromatic rings. The van der Waals surface area contributed by atoms with Crippen LogP contribution >= 0.6 is 11.3 Å². The number of amides is 1. The number of hydrogen-bond donors (Lipinski definition) is 1. The zero-order valence-electron chi connectivity index (χ0n) is 17.6. The van der Waals surface area contributed by atoms with E-state index >= 15 is 0 Å². The van der Waals surface area contributed by atoms with Gasteiger partial charge in [0.25, 0.3) is 5.91 Å². The first-order chi connectivity index (χ1) is 15.8. The Hall–Kier alpha value is -3.58. The molecule has 0 aliphatic carbocycles. The third-order valence-corrected chi connectivity index (χ3v) is 6.64. The van der Waals surface area contributed by atoms with Crippen LogP contribution in [0.2, 0.25) is 0 Å². The zero-order valence-corrected chi connectivity index (χ0v) is 18.4. The van der Waals surface area contributed by atoms with Gasteiger partial charge < -0.3 is 4.90 Å². The average Bonchev–Trinajstić information content (AvgIpc) is 3.33. The lowest BCUT2D eigenvalue weighted by Crippen LogP contribution is -2.28. The van der Waals surface area contributed by atoms with E-state index in [0.29, 0.717) is 11.3 Å². The van der Waals surface area contributed by atoms with Crippen LogP contribution in [0.1, 0.15) is 34.5 Å². The first kappa shape index (κ1) is 20.3. The Morgan fingerprint density at radius 3 is 2.78 bits per heavy atom. The number of hydrogen-bond acceptors (Lipinski definition) is 6. The number of nitrogens with zero attached hydrogens (tertiary/aromatic N) is 4. The summed E-state index contributed by atoms with van der Waals surface area (Å²) in [5.41, 5.74) is 5.54. The SMILES string of the molecule is O=C(N/N=C/c1ccc(N2CCCCC2)s1)c1cc(-c2cccnc2)nc2ccccc12. The van der Waals surface area contributed by atoms with Crippen LogP contribution in [0.15, 0.2) is 72.1 Å². The van der Waals surface area contributed by atoms with E-state index in [-0.39, 0.29) is 5.91 Å². The first-order valence-electron chi connectivity index (χ1n) is 10.8. The first-order valence-corrected chi connectivity index (χ1v) is 11.6. The lowest BCUT2D eigenvalue weighted by molar-refractivity contribution is 0.0956. The van der Waals surface area contributed by atoms with Crippen LogP contribution in [-0.4, -0.2) is 35.2 Å². The minimum absolute atomic E-state index is 0.266. The van der Waals surface area contributed by atoms with Crippen molar-refractivity contribution >= 4 is 39.4 Å². The van der Waals surface area contributed by atoms with Crippen molar-refractivity contribution < 1.29 is 4.79 Å². The molecular weight excluding hydrogens is 418 g/mol. The maximum Gasteiger partial charge on any atom is 0.272 e. The molecule has 1 amide bonds. The van der Waals surface area contributed by atoms with E-state index in [1.165, 1.54) is 24.3 Å². The van der Waals surface area contributed by atoms with Gasteiger partial charge >= 0.3 is 0 Å². The van der Waals surface area contributed by atoms with Gasteiger partial charge in [0.2, 0.25) is 0 Å². The molecule has 32 heavy (non-hydrogen) atoms. The molecule has 7 heteroatoms. The molecule has 1 aliphatic rings. The quantitative estimate of drug-likeness (QED) is 0.345. The summed E-state index contributed by atoms with van der Waals surface area (Å²) < 4.78 is 0. The average molecular weight is 442 g/mol. The molecule has 0 atom stereocenters. The molecule has 6 nitrogen and oxygen atoms in total. The number of nitrogens with one attached hydrogen (secondary N) is 1. The van der Waals surface area contributed by atoms with Gasteiger partial charge in [-0.1, -0.05) is 18.2 Å². The molecule has 0 saturated carbocycles. The van der Waals surface area contributed by atoms with Crippen LogP contribution < -0.4 is 10.3 Å². The number of anilines is 1. The number of benzene rings is 1. The summed E-state index contributed by atoms with van der Waals surface area (Å²) in [7, 11) is 0. The molecule has 1 saturated heterocycles. The van der Waals surface area contributed by atoms with Gasteiger partial charge in [-0.2, -0.15) is 5.10 Å². The molecule has 160 valence electrons. The van der Waals surface area contributed by atoms with Gasteiger partial charge in [0.05, 0.1) is 28.0 Å². The molecule has 1 aromatic carbocycles. The Morgan fingerprint density at radius 2 is 1.94 bits per heavy atom. The second-order valence-electron chi connectivity index (χ2n) is 7.74. The highest BCUT2D eigenvalue weighted by Crippen LogP contribution is 2.28. The molecule has 0 bridgehead atoms. The number of pyridine rings is 2. The summed E-state index contributed by atoms with van der Waals surface area (Å²) in [6.45, 7) is 2.23. The fraction of sp³-hybridized carbons (Fsp3) is 0.200. The molecule has 1 aliphatic heterocycles. The Kier molecular flexibility index (Phi) is 5.89. The highest BCUT2D eigenvalue weighted by atomic mass is 32.1. The van der Waals surface area contributed by atoms with Crippen molar-refractivity contribution in [2.24, 2.45) is 5.10 Å².